The number of rotatable bonds is 5. The van der Waals surface area contributed by atoms with Gasteiger partial charge >= 0.3 is 0 Å². The third-order valence-electron chi connectivity index (χ3n) is 4.11. The standard InChI is InChI=1S/C19H23NO/c1-2-6-16(7-3-1)17-9-11-19(12-10-17)21-15-13-18-8-4-5-14-20-18/h1-3,6-7,9-12,18,20H,4-5,8,13-15H2/t18-/m0/s1. The van der Waals surface area contributed by atoms with E-state index in [0.717, 1.165) is 25.3 Å². The van der Waals surface area contributed by atoms with E-state index in [1.807, 2.05) is 6.07 Å². The second-order valence-electron chi connectivity index (χ2n) is 5.67. The van der Waals surface area contributed by atoms with Crippen molar-refractivity contribution in [3.8, 4) is 16.9 Å². The lowest BCUT2D eigenvalue weighted by Crippen LogP contribution is -2.35. The minimum Gasteiger partial charge on any atom is -0.494 e. The molecule has 3 rings (SSSR count). The van der Waals surface area contributed by atoms with Gasteiger partial charge in [-0.2, -0.15) is 0 Å². The summed E-state index contributed by atoms with van der Waals surface area (Å²) in [4.78, 5) is 0. The Bertz CT molecular complexity index is 529. The minimum absolute atomic E-state index is 0.641. The molecule has 2 aromatic carbocycles. The molecule has 2 aromatic rings. The lowest BCUT2D eigenvalue weighted by atomic mass is 10.0. The molecule has 1 atom stereocenters. The van der Waals surface area contributed by atoms with E-state index in [2.05, 4.69) is 53.8 Å². The molecule has 0 saturated carbocycles. The Morgan fingerprint density at radius 2 is 1.67 bits per heavy atom. The average molecular weight is 281 g/mol. The third-order valence-corrected chi connectivity index (χ3v) is 4.11. The molecule has 0 aromatic heterocycles. The second kappa shape index (κ2) is 7.28. The molecule has 110 valence electrons. The van der Waals surface area contributed by atoms with Crippen LogP contribution >= 0.6 is 0 Å². The Hall–Kier alpha value is -1.80. The maximum absolute atomic E-state index is 5.86. The van der Waals surface area contributed by atoms with Gasteiger partial charge in [0.2, 0.25) is 0 Å². The molecule has 0 bridgehead atoms. The average Bonchev–Trinajstić information content (AvgIpc) is 2.57. The highest BCUT2D eigenvalue weighted by Crippen LogP contribution is 2.22. The van der Waals surface area contributed by atoms with Gasteiger partial charge in [-0.25, -0.2) is 0 Å². The van der Waals surface area contributed by atoms with Crippen molar-refractivity contribution in [1.29, 1.82) is 0 Å². The first-order valence-corrected chi connectivity index (χ1v) is 7.93. The molecule has 21 heavy (non-hydrogen) atoms. The van der Waals surface area contributed by atoms with Gasteiger partial charge in [-0.15, -0.1) is 0 Å². The van der Waals surface area contributed by atoms with Gasteiger partial charge in [-0.05, 0) is 49.1 Å². The summed E-state index contributed by atoms with van der Waals surface area (Å²) in [6.07, 6.45) is 5.05. The molecule has 1 aliphatic rings. The van der Waals surface area contributed by atoms with Crippen LogP contribution in [0.1, 0.15) is 25.7 Å². The number of hydrogen-bond donors (Lipinski definition) is 1. The Morgan fingerprint density at radius 3 is 2.38 bits per heavy atom. The normalized spacial score (nSPS) is 18.4. The van der Waals surface area contributed by atoms with Crippen molar-refractivity contribution < 1.29 is 4.74 Å². The molecule has 1 aliphatic heterocycles. The Balaban J connectivity index is 1.50. The maximum Gasteiger partial charge on any atom is 0.119 e. The lowest BCUT2D eigenvalue weighted by molar-refractivity contribution is 0.268. The topological polar surface area (TPSA) is 21.3 Å². The molecule has 1 heterocycles. The summed E-state index contributed by atoms with van der Waals surface area (Å²) in [6.45, 7) is 1.96. The van der Waals surface area contributed by atoms with Crippen LogP contribution in [0, 0.1) is 0 Å². The number of ether oxygens (including phenoxy) is 1. The van der Waals surface area contributed by atoms with E-state index in [-0.39, 0.29) is 0 Å². The SMILES string of the molecule is c1ccc(-c2ccc(OCC[C@@H]3CCCCN3)cc2)cc1. The van der Waals surface area contributed by atoms with Crippen molar-refractivity contribution in [2.75, 3.05) is 13.2 Å². The molecule has 0 unspecified atom stereocenters. The van der Waals surface area contributed by atoms with Gasteiger partial charge in [0.25, 0.3) is 0 Å². The Morgan fingerprint density at radius 1 is 0.905 bits per heavy atom. The van der Waals surface area contributed by atoms with Crippen molar-refractivity contribution in [1.82, 2.24) is 5.32 Å². The van der Waals surface area contributed by atoms with Crippen LogP contribution in [-0.4, -0.2) is 19.2 Å². The second-order valence-corrected chi connectivity index (χ2v) is 5.67. The van der Waals surface area contributed by atoms with Crippen LogP contribution in [0.3, 0.4) is 0 Å². The maximum atomic E-state index is 5.86. The van der Waals surface area contributed by atoms with Crippen LogP contribution < -0.4 is 10.1 Å². The lowest BCUT2D eigenvalue weighted by Gasteiger charge is -2.23. The Labute approximate surface area is 127 Å². The predicted octanol–water partition coefficient (Wildman–Crippen LogP) is 4.26. The molecular formula is C19H23NO. The van der Waals surface area contributed by atoms with Crippen molar-refractivity contribution in [3.05, 3.63) is 54.6 Å². The van der Waals surface area contributed by atoms with Crippen molar-refractivity contribution in [2.24, 2.45) is 0 Å². The predicted molar refractivity (Wildman–Crippen MR) is 87.6 cm³/mol. The summed E-state index contributed by atoms with van der Waals surface area (Å²) in [5.41, 5.74) is 2.48. The molecule has 0 spiro atoms. The summed E-state index contributed by atoms with van der Waals surface area (Å²) in [6, 6.07) is 19.5. The molecular weight excluding hydrogens is 258 g/mol. The summed E-state index contributed by atoms with van der Waals surface area (Å²) >= 11 is 0. The number of piperidine rings is 1. The fraction of sp³-hybridized carbons (Fsp3) is 0.368. The first-order valence-electron chi connectivity index (χ1n) is 7.93. The van der Waals surface area contributed by atoms with Crippen molar-refractivity contribution in [2.45, 2.75) is 31.7 Å². The largest absolute Gasteiger partial charge is 0.494 e. The number of nitrogens with one attached hydrogen (secondary N) is 1. The first kappa shape index (κ1) is 14.2. The first-order chi connectivity index (χ1) is 10.4. The fourth-order valence-electron chi connectivity index (χ4n) is 2.86. The van der Waals surface area contributed by atoms with Crippen LogP contribution in [0.5, 0.6) is 5.75 Å². The van der Waals surface area contributed by atoms with Gasteiger partial charge in [0, 0.05) is 6.04 Å². The zero-order chi connectivity index (χ0) is 14.3. The van der Waals surface area contributed by atoms with E-state index in [4.69, 9.17) is 4.74 Å². The van der Waals surface area contributed by atoms with Crippen molar-refractivity contribution >= 4 is 0 Å². The summed E-state index contributed by atoms with van der Waals surface area (Å²) in [5, 5.41) is 3.56. The third kappa shape index (κ3) is 4.08. The zero-order valence-electron chi connectivity index (χ0n) is 12.4. The van der Waals surface area contributed by atoms with Crippen LogP contribution in [0.2, 0.25) is 0 Å². The smallest absolute Gasteiger partial charge is 0.119 e. The molecule has 0 aliphatic carbocycles. The van der Waals surface area contributed by atoms with Gasteiger partial charge < -0.3 is 10.1 Å². The van der Waals surface area contributed by atoms with E-state index in [1.165, 1.54) is 30.4 Å². The minimum atomic E-state index is 0.641. The molecule has 2 nitrogen and oxygen atoms in total. The molecule has 0 amide bonds. The van der Waals surface area contributed by atoms with Crippen LogP contribution in [0.15, 0.2) is 54.6 Å². The number of benzene rings is 2. The number of hydrogen-bond acceptors (Lipinski definition) is 2. The van der Waals surface area contributed by atoms with Crippen LogP contribution in [0.25, 0.3) is 11.1 Å². The van der Waals surface area contributed by atoms with E-state index < -0.39 is 0 Å². The van der Waals surface area contributed by atoms with E-state index in [1.54, 1.807) is 0 Å². The van der Waals surface area contributed by atoms with Crippen molar-refractivity contribution in [3.63, 3.8) is 0 Å². The van der Waals surface area contributed by atoms with E-state index >= 15 is 0 Å². The molecule has 2 heteroatoms. The highest BCUT2D eigenvalue weighted by molar-refractivity contribution is 5.63. The van der Waals surface area contributed by atoms with Gasteiger partial charge in [0.1, 0.15) is 5.75 Å². The van der Waals surface area contributed by atoms with Gasteiger partial charge in [-0.3, -0.25) is 0 Å². The summed E-state index contributed by atoms with van der Waals surface area (Å²) in [7, 11) is 0. The highest BCUT2D eigenvalue weighted by atomic mass is 16.5. The summed E-state index contributed by atoms with van der Waals surface area (Å²) < 4.78 is 5.86. The molecule has 1 fully saturated rings. The van der Waals surface area contributed by atoms with Gasteiger partial charge in [0.05, 0.1) is 6.61 Å². The molecule has 1 N–H and O–H groups in total. The van der Waals surface area contributed by atoms with Gasteiger partial charge in [-0.1, -0.05) is 48.9 Å². The van der Waals surface area contributed by atoms with Crippen LogP contribution in [0.4, 0.5) is 0 Å². The molecule has 0 radical (unpaired) electrons. The van der Waals surface area contributed by atoms with E-state index in [9.17, 15) is 0 Å². The zero-order valence-corrected chi connectivity index (χ0v) is 12.4. The molecule has 1 saturated heterocycles. The quantitative estimate of drug-likeness (QED) is 0.884. The van der Waals surface area contributed by atoms with Gasteiger partial charge in [0.15, 0.2) is 0 Å². The summed E-state index contributed by atoms with van der Waals surface area (Å²) in [5.74, 6) is 0.963. The fourth-order valence-corrected chi connectivity index (χ4v) is 2.86. The van der Waals surface area contributed by atoms with E-state index in [0.29, 0.717) is 6.04 Å². The Kier molecular flexibility index (Phi) is 4.90. The monoisotopic (exact) mass is 281 g/mol. The highest BCUT2D eigenvalue weighted by Gasteiger charge is 2.11. The van der Waals surface area contributed by atoms with Crippen LogP contribution in [-0.2, 0) is 0 Å².